The summed E-state index contributed by atoms with van der Waals surface area (Å²) in [6.07, 6.45) is 2.16. The van der Waals surface area contributed by atoms with Gasteiger partial charge >= 0.3 is 0 Å². The molecule has 0 bridgehead atoms. The number of sulfonamides is 1. The van der Waals surface area contributed by atoms with Crippen molar-refractivity contribution in [2.45, 2.75) is 36.1 Å². The largest absolute Gasteiger partial charge is 0.494 e. The number of anilines is 1. The second-order valence-corrected chi connectivity index (χ2v) is 10.0. The molecule has 0 saturated carbocycles. The van der Waals surface area contributed by atoms with Crippen LogP contribution in [0.15, 0.2) is 82.6 Å². The molecule has 1 atom stereocenters. The van der Waals surface area contributed by atoms with E-state index in [0.29, 0.717) is 23.6 Å². The quantitative estimate of drug-likeness (QED) is 0.410. The Morgan fingerprint density at radius 3 is 2.45 bits per heavy atom. The van der Waals surface area contributed by atoms with Crippen molar-refractivity contribution < 1.29 is 17.9 Å². The molecule has 0 aliphatic carbocycles. The second-order valence-electron chi connectivity index (χ2n) is 7.45. The van der Waals surface area contributed by atoms with Gasteiger partial charge in [0.15, 0.2) is 0 Å². The zero-order valence-electron chi connectivity index (χ0n) is 18.9. The van der Waals surface area contributed by atoms with E-state index >= 15 is 0 Å². The summed E-state index contributed by atoms with van der Waals surface area (Å²) in [6.45, 7) is 4.15. The topological polar surface area (TPSA) is 84.5 Å². The van der Waals surface area contributed by atoms with Crippen molar-refractivity contribution in [3.63, 3.8) is 0 Å². The van der Waals surface area contributed by atoms with Gasteiger partial charge in [0.1, 0.15) is 11.8 Å². The van der Waals surface area contributed by atoms with E-state index in [1.165, 1.54) is 6.07 Å². The van der Waals surface area contributed by atoms with Gasteiger partial charge in [-0.3, -0.25) is 4.79 Å². The fraction of sp³-hybridized carbons (Fsp3) is 0.240. The van der Waals surface area contributed by atoms with Crippen molar-refractivity contribution in [1.82, 2.24) is 4.72 Å². The molecule has 33 heavy (non-hydrogen) atoms. The Morgan fingerprint density at radius 1 is 1.03 bits per heavy atom. The van der Waals surface area contributed by atoms with E-state index in [2.05, 4.69) is 10.0 Å². The van der Waals surface area contributed by atoms with Crippen LogP contribution in [0.3, 0.4) is 0 Å². The highest BCUT2D eigenvalue weighted by Gasteiger charge is 2.27. The van der Waals surface area contributed by atoms with Crippen LogP contribution in [-0.4, -0.2) is 33.2 Å². The molecule has 0 radical (unpaired) electrons. The lowest BCUT2D eigenvalue weighted by atomic mass is 10.1. The summed E-state index contributed by atoms with van der Waals surface area (Å²) in [6, 6.07) is 20.4. The third-order valence-corrected chi connectivity index (χ3v) is 7.19. The van der Waals surface area contributed by atoms with Gasteiger partial charge in [-0.05, 0) is 74.0 Å². The monoisotopic (exact) mass is 484 g/mol. The summed E-state index contributed by atoms with van der Waals surface area (Å²) in [5.41, 5.74) is 2.17. The molecule has 3 aromatic rings. The Bertz CT molecular complexity index is 1200. The van der Waals surface area contributed by atoms with Gasteiger partial charge in [0, 0.05) is 10.6 Å². The molecule has 3 aromatic carbocycles. The van der Waals surface area contributed by atoms with Crippen LogP contribution >= 0.6 is 11.8 Å². The summed E-state index contributed by atoms with van der Waals surface area (Å²) >= 11 is 1.56. The number of hydrogen-bond donors (Lipinski definition) is 2. The SMILES string of the molecule is CCOc1ccc(S(=O)(=O)N[C@@H](Cc2ccccc2)C(=O)Nc2cccc(SC)c2)cc1C. The van der Waals surface area contributed by atoms with Gasteiger partial charge in [-0.2, -0.15) is 4.72 Å². The average Bonchev–Trinajstić information content (AvgIpc) is 2.80. The Hall–Kier alpha value is -2.81. The number of ether oxygens (including phenoxy) is 1. The fourth-order valence-electron chi connectivity index (χ4n) is 3.33. The zero-order chi connectivity index (χ0) is 23.8. The van der Waals surface area contributed by atoms with Crippen molar-refractivity contribution in [2.24, 2.45) is 0 Å². The van der Waals surface area contributed by atoms with Crippen LogP contribution in [-0.2, 0) is 21.2 Å². The first-order valence-corrected chi connectivity index (χ1v) is 13.3. The molecule has 0 heterocycles. The number of aryl methyl sites for hydroxylation is 1. The van der Waals surface area contributed by atoms with Gasteiger partial charge in [0.05, 0.1) is 11.5 Å². The Morgan fingerprint density at radius 2 is 1.79 bits per heavy atom. The Labute approximate surface area is 199 Å². The van der Waals surface area contributed by atoms with E-state index in [1.807, 2.05) is 61.7 Å². The number of nitrogens with one attached hydrogen (secondary N) is 2. The van der Waals surface area contributed by atoms with E-state index in [1.54, 1.807) is 36.9 Å². The lowest BCUT2D eigenvalue weighted by molar-refractivity contribution is -0.117. The molecular weight excluding hydrogens is 456 g/mol. The average molecular weight is 485 g/mol. The first kappa shape index (κ1) is 24.8. The predicted molar refractivity (Wildman–Crippen MR) is 133 cm³/mol. The molecule has 174 valence electrons. The van der Waals surface area contributed by atoms with Gasteiger partial charge in [-0.15, -0.1) is 11.8 Å². The minimum atomic E-state index is -3.95. The highest BCUT2D eigenvalue weighted by molar-refractivity contribution is 7.98. The van der Waals surface area contributed by atoms with Crippen molar-refractivity contribution in [3.05, 3.63) is 83.9 Å². The molecule has 2 N–H and O–H groups in total. The molecule has 6 nitrogen and oxygen atoms in total. The molecule has 0 saturated heterocycles. The van der Waals surface area contributed by atoms with Crippen molar-refractivity contribution in [2.75, 3.05) is 18.2 Å². The van der Waals surface area contributed by atoms with Crippen LogP contribution in [0.25, 0.3) is 0 Å². The normalized spacial score (nSPS) is 12.2. The van der Waals surface area contributed by atoms with E-state index in [9.17, 15) is 13.2 Å². The standard InChI is InChI=1S/C25H28N2O4S2/c1-4-31-24-14-13-22(15-18(24)2)33(29,30)27-23(16-19-9-6-5-7-10-19)25(28)26-20-11-8-12-21(17-20)32-3/h5-15,17,23,27H,4,16H2,1-3H3,(H,26,28)/t23-/m0/s1. The maximum absolute atomic E-state index is 13.2. The molecule has 0 aliphatic heterocycles. The molecule has 0 fully saturated rings. The van der Waals surface area contributed by atoms with Gasteiger partial charge in [-0.1, -0.05) is 36.4 Å². The maximum Gasteiger partial charge on any atom is 0.242 e. The minimum Gasteiger partial charge on any atom is -0.494 e. The molecular formula is C25H28N2O4S2. The van der Waals surface area contributed by atoms with Crippen molar-refractivity contribution in [1.29, 1.82) is 0 Å². The summed E-state index contributed by atoms with van der Waals surface area (Å²) in [4.78, 5) is 14.2. The molecule has 0 spiro atoms. The van der Waals surface area contributed by atoms with E-state index in [0.717, 1.165) is 10.5 Å². The van der Waals surface area contributed by atoms with Crippen LogP contribution in [0.5, 0.6) is 5.75 Å². The zero-order valence-corrected chi connectivity index (χ0v) is 20.5. The van der Waals surface area contributed by atoms with Gasteiger partial charge in [-0.25, -0.2) is 8.42 Å². The van der Waals surface area contributed by atoms with E-state index < -0.39 is 22.0 Å². The van der Waals surface area contributed by atoms with Crippen LogP contribution in [0, 0.1) is 6.92 Å². The summed E-state index contributed by atoms with van der Waals surface area (Å²) in [5, 5.41) is 2.85. The molecule has 1 amide bonds. The van der Waals surface area contributed by atoms with Crippen LogP contribution in [0.1, 0.15) is 18.1 Å². The lowest BCUT2D eigenvalue weighted by Crippen LogP contribution is -2.45. The highest BCUT2D eigenvalue weighted by atomic mass is 32.2. The molecule has 0 aromatic heterocycles. The predicted octanol–water partition coefficient (Wildman–Crippen LogP) is 4.64. The summed E-state index contributed by atoms with van der Waals surface area (Å²) < 4.78 is 34.5. The van der Waals surface area contributed by atoms with Gasteiger partial charge in [0.2, 0.25) is 15.9 Å². The van der Waals surface area contributed by atoms with Crippen molar-refractivity contribution >= 4 is 33.4 Å². The molecule has 8 heteroatoms. The minimum absolute atomic E-state index is 0.0821. The van der Waals surface area contributed by atoms with E-state index in [-0.39, 0.29) is 11.3 Å². The van der Waals surface area contributed by atoms with E-state index in [4.69, 9.17) is 4.74 Å². The number of rotatable bonds is 10. The Kier molecular flexibility index (Phi) is 8.55. The number of amides is 1. The first-order valence-electron chi connectivity index (χ1n) is 10.6. The second kappa shape index (κ2) is 11.4. The molecule has 0 aliphatic rings. The van der Waals surface area contributed by atoms with Crippen molar-refractivity contribution in [3.8, 4) is 5.75 Å². The number of carbonyl (C=O) groups excluding carboxylic acids is 1. The highest BCUT2D eigenvalue weighted by Crippen LogP contribution is 2.23. The molecule has 0 unspecified atom stereocenters. The third kappa shape index (κ3) is 6.83. The number of carbonyl (C=O) groups is 1. The van der Waals surface area contributed by atoms with Gasteiger partial charge < -0.3 is 10.1 Å². The third-order valence-electron chi connectivity index (χ3n) is 4.99. The number of thioether (sulfide) groups is 1. The number of benzene rings is 3. The smallest absolute Gasteiger partial charge is 0.242 e. The first-order chi connectivity index (χ1) is 15.8. The molecule has 3 rings (SSSR count). The maximum atomic E-state index is 13.2. The summed E-state index contributed by atoms with van der Waals surface area (Å²) in [5.74, 6) is 0.201. The fourth-order valence-corrected chi connectivity index (χ4v) is 5.07. The summed E-state index contributed by atoms with van der Waals surface area (Å²) in [7, 11) is -3.95. The lowest BCUT2D eigenvalue weighted by Gasteiger charge is -2.19. The van der Waals surface area contributed by atoms with Crippen LogP contribution in [0.2, 0.25) is 0 Å². The Balaban J connectivity index is 1.87. The number of hydrogen-bond acceptors (Lipinski definition) is 5. The van der Waals surface area contributed by atoms with Gasteiger partial charge in [0.25, 0.3) is 0 Å². The van der Waals surface area contributed by atoms with Crippen LogP contribution < -0.4 is 14.8 Å². The van der Waals surface area contributed by atoms with Crippen LogP contribution in [0.4, 0.5) is 5.69 Å².